The van der Waals surface area contributed by atoms with Crippen LogP contribution in [0, 0.1) is 22.7 Å². The number of nitrogens with two attached hydrogens (primary N) is 2. The van der Waals surface area contributed by atoms with Crippen molar-refractivity contribution in [1.82, 2.24) is 27.7 Å². The number of piperidine rings is 2. The average molecular weight is 749 g/mol. The lowest BCUT2D eigenvalue weighted by molar-refractivity contribution is -0.152. The standard InChI is InChI=1S/2C18H22N4O3S/c2*19-26(24,25)21-7-5-18(6-8-21)9-14(17(18)23)16-13-4-2-1-3-12(13)15-10-20-11-22(15)16/h2*1-4,10-11,14,16-17,23H,5-9H2,(H2,19,24,25)/t2*14-,16+,17+/m10/s1. The molecule has 276 valence electrons. The zero-order chi connectivity index (χ0) is 36.2. The molecule has 4 aliphatic heterocycles. The molecular weight excluding hydrogens is 705 g/mol. The molecule has 2 saturated carbocycles. The molecule has 4 aromatic rings. The molecule has 4 fully saturated rings. The van der Waals surface area contributed by atoms with Crippen molar-refractivity contribution in [2.75, 3.05) is 26.2 Å². The number of nitrogens with zero attached hydrogens (tertiary/aromatic N) is 6. The molecule has 2 spiro atoms. The summed E-state index contributed by atoms with van der Waals surface area (Å²) >= 11 is 0. The predicted molar refractivity (Wildman–Crippen MR) is 193 cm³/mol. The van der Waals surface area contributed by atoms with Gasteiger partial charge in [0.1, 0.15) is 0 Å². The van der Waals surface area contributed by atoms with Crippen LogP contribution in [0.3, 0.4) is 0 Å². The topological polar surface area (TPSA) is 203 Å². The summed E-state index contributed by atoms with van der Waals surface area (Å²) in [7, 11) is -7.28. The van der Waals surface area contributed by atoms with E-state index in [0.29, 0.717) is 51.9 Å². The van der Waals surface area contributed by atoms with Gasteiger partial charge in [-0.25, -0.2) is 20.2 Å². The third-order valence-electron chi connectivity index (χ3n) is 13.4. The zero-order valence-corrected chi connectivity index (χ0v) is 30.3. The molecule has 6 atom stereocenters. The fraction of sp³-hybridized carbons (Fsp3) is 0.500. The molecule has 6 N–H and O–H groups in total. The number of hydrogen-bond acceptors (Lipinski definition) is 8. The highest BCUT2D eigenvalue weighted by Crippen LogP contribution is 2.61. The SMILES string of the molecule is NS(=O)(=O)N1CCC2(CC1)C[C@@H]([C@H]1c3ccccc3-c3cncn31)[C@H]2O.NS(=O)(=O)N1CCC2(CC1)C[C@H]([C@@H]1c3ccccc3-c3cncn31)[C@@H]2O. The maximum absolute atomic E-state index is 11.5. The summed E-state index contributed by atoms with van der Waals surface area (Å²) in [5, 5.41) is 32.7. The fourth-order valence-corrected chi connectivity index (χ4v) is 11.9. The first-order valence-electron chi connectivity index (χ1n) is 18.0. The zero-order valence-electron chi connectivity index (χ0n) is 28.6. The Morgan fingerprint density at radius 3 is 1.33 bits per heavy atom. The van der Waals surface area contributed by atoms with Gasteiger partial charge in [0.2, 0.25) is 0 Å². The van der Waals surface area contributed by atoms with E-state index in [0.717, 1.165) is 24.2 Å². The van der Waals surface area contributed by atoms with Crippen LogP contribution in [0.15, 0.2) is 73.6 Å². The van der Waals surface area contributed by atoms with Crippen LogP contribution in [0.25, 0.3) is 22.5 Å². The van der Waals surface area contributed by atoms with E-state index in [2.05, 4.69) is 43.4 Å². The van der Waals surface area contributed by atoms with Gasteiger partial charge in [0.05, 0.1) is 60.7 Å². The van der Waals surface area contributed by atoms with Crippen LogP contribution in [-0.4, -0.2) is 93.1 Å². The molecule has 16 heteroatoms. The van der Waals surface area contributed by atoms with E-state index < -0.39 is 32.6 Å². The van der Waals surface area contributed by atoms with E-state index in [9.17, 15) is 27.0 Å². The number of benzene rings is 2. The lowest BCUT2D eigenvalue weighted by atomic mass is 9.53. The van der Waals surface area contributed by atoms with Crippen LogP contribution in [0.5, 0.6) is 0 Å². The monoisotopic (exact) mass is 748 g/mol. The van der Waals surface area contributed by atoms with E-state index in [-0.39, 0.29) is 34.7 Å². The Kier molecular flexibility index (Phi) is 7.92. The van der Waals surface area contributed by atoms with Gasteiger partial charge in [-0.3, -0.25) is 0 Å². The van der Waals surface area contributed by atoms with Gasteiger partial charge in [-0.1, -0.05) is 48.5 Å². The van der Waals surface area contributed by atoms with Crippen molar-refractivity contribution < 1.29 is 27.0 Å². The molecule has 0 radical (unpaired) electrons. The van der Waals surface area contributed by atoms with Crippen molar-refractivity contribution in [3.05, 3.63) is 84.7 Å². The van der Waals surface area contributed by atoms with Gasteiger partial charge in [-0.05, 0) is 60.5 Å². The molecule has 6 heterocycles. The Labute approximate surface area is 303 Å². The summed E-state index contributed by atoms with van der Waals surface area (Å²) in [6.07, 6.45) is 11.0. The van der Waals surface area contributed by atoms with Crippen molar-refractivity contribution in [1.29, 1.82) is 0 Å². The minimum Gasteiger partial charge on any atom is -0.392 e. The molecule has 2 aromatic carbocycles. The number of fused-ring (bicyclic) bond motifs is 6. The number of aliphatic hydroxyl groups is 2. The normalized spacial score (nSPS) is 30.0. The van der Waals surface area contributed by atoms with E-state index >= 15 is 0 Å². The second-order valence-electron chi connectivity index (χ2n) is 15.7. The summed E-state index contributed by atoms with van der Waals surface area (Å²) in [6.45, 7) is 1.56. The van der Waals surface area contributed by atoms with Crippen LogP contribution >= 0.6 is 0 Å². The molecule has 0 amide bonds. The van der Waals surface area contributed by atoms with E-state index in [1.54, 1.807) is 0 Å². The van der Waals surface area contributed by atoms with Crippen LogP contribution in [-0.2, 0) is 20.4 Å². The Hall–Kier alpha value is -3.48. The molecule has 0 bridgehead atoms. The lowest BCUT2D eigenvalue weighted by Gasteiger charge is -2.57. The van der Waals surface area contributed by atoms with Crippen molar-refractivity contribution in [3.63, 3.8) is 0 Å². The molecule has 2 saturated heterocycles. The summed E-state index contributed by atoms with van der Waals surface area (Å²) in [5.74, 6) is 0.236. The van der Waals surface area contributed by atoms with Gasteiger partial charge < -0.3 is 19.3 Å². The first-order valence-corrected chi connectivity index (χ1v) is 21.0. The van der Waals surface area contributed by atoms with E-state index in [1.807, 2.05) is 49.3 Å². The average Bonchev–Trinajstić information content (AvgIpc) is 3.92. The number of imidazole rings is 2. The molecule has 0 unspecified atom stereocenters. The van der Waals surface area contributed by atoms with E-state index in [4.69, 9.17) is 10.3 Å². The quantitative estimate of drug-likeness (QED) is 0.243. The number of rotatable bonds is 4. The molecule has 10 rings (SSSR count). The van der Waals surface area contributed by atoms with Crippen LogP contribution in [0.4, 0.5) is 0 Å². The molecular formula is C36H44N8O6S2. The summed E-state index contributed by atoms with van der Waals surface area (Å²) in [6, 6.07) is 16.8. The highest BCUT2D eigenvalue weighted by atomic mass is 32.2. The third kappa shape index (κ3) is 5.17. The molecule has 2 aromatic heterocycles. The molecule has 14 nitrogen and oxygen atoms in total. The van der Waals surface area contributed by atoms with Gasteiger partial charge >= 0.3 is 0 Å². The van der Waals surface area contributed by atoms with Crippen LogP contribution in [0.1, 0.15) is 61.7 Å². The maximum atomic E-state index is 11.5. The Balaban J connectivity index is 0.000000138. The van der Waals surface area contributed by atoms with Crippen molar-refractivity contribution in [2.24, 2.45) is 32.9 Å². The molecule has 52 heavy (non-hydrogen) atoms. The molecule has 2 aliphatic carbocycles. The summed E-state index contributed by atoms with van der Waals surface area (Å²) < 4.78 is 53.1. The number of aliphatic hydroxyl groups excluding tert-OH is 2. The number of hydrogen-bond donors (Lipinski definition) is 4. The first kappa shape index (κ1) is 34.3. The highest BCUT2D eigenvalue weighted by Gasteiger charge is 2.59. The van der Waals surface area contributed by atoms with E-state index in [1.165, 1.54) is 30.9 Å². The van der Waals surface area contributed by atoms with Gasteiger partial charge in [-0.15, -0.1) is 0 Å². The second-order valence-corrected chi connectivity index (χ2v) is 18.8. The summed E-state index contributed by atoms with van der Waals surface area (Å²) in [4.78, 5) is 8.59. The smallest absolute Gasteiger partial charge is 0.276 e. The predicted octanol–water partition coefficient (Wildman–Crippen LogP) is 2.24. The summed E-state index contributed by atoms with van der Waals surface area (Å²) in [5.41, 5.74) is 6.68. The van der Waals surface area contributed by atoms with Crippen molar-refractivity contribution in [3.8, 4) is 22.5 Å². The van der Waals surface area contributed by atoms with Gasteiger partial charge in [0, 0.05) is 49.1 Å². The maximum Gasteiger partial charge on any atom is 0.276 e. The minimum atomic E-state index is -3.64. The van der Waals surface area contributed by atoms with Gasteiger partial charge in [0.15, 0.2) is 0 Å². The van der Waals surface area contributed by atoms with Crippen molar-refractivity contribution >= 4 is 20.4 Å². The van der Waals surface area contributed by atoms with Crippen molar-refractivity contribution in [2.45, 2.75) is 62.8 Å². The molecule has 6 aliphatic rings. The van der Waals surface area contributed by atoms with Crippen LogP contribution in [0.2, 0.25) is 0 Å². The fourth-order valence-electron chi connectivity index (χ4n) is 10.6. The lowest BCUT2D eigenvalue weighted by Crippen LogP contribution is -2.60. The highest BCUT2D eigenvalue weighted by molar-refractivity contribution is 7.87. The Morgan fingerprint density at radius 2 is 0.981 bits per heavy atom. The Morgan fingerprint density at radius 1 is 0.615 bits per heavy atom. The minimum absolute atomic E-state index is 0.0978. The first-order chi connectivity index (χ1) is 24.8. The third-order valence-corrected chi connectivity index (χ3v) is 15.5. The van der Waals surface area contributed by atoms with Crippen LogP contribution < -0.4 is 10.3 Å². The van der Waals surface area contributed by atoms with Gasteiger partial charge in [-0.2, -0.15) is 25.4 Å². The second kappa shape index (κ2) is 12.0. The number of aromatic nitrogens is 4. The Bertz CT molecular complexity index is 2080. The largest absolute Gasteiger partial charge is 0.392 e. The van der Waals surface area contributed by atoms with Gasteiger partial charge in [0.25, 0.3) is 20.4 Å².